The molecule has 0 aliphatic rings. The molecule has 0 saturated carbocycles. The van der Waals surface area contributed by atoms with Crippen LogP contribution in [0.5, 0.6) is 11.5 Å². The molecule has 25 heavy (non-hydrogen) atoms. The van der Waals surface area contributed by atoms with Gasteiger partial charge < -0.3 is 9.47 Å². The van der Waals surface area contributed by atoms with Crippen LogP contribution in [0.1, 0.15) is 31.9 Å². The molecule has 0 heterocycles. The van der Waals surface area contributed by atoms with E-state index in [9.17, 15) is 5.26 Å². The number of rotatable bonds is 6. The molecule has 5 heteroatoms. The van der Waals surface area contributed by atoms with Crippen molar-refractivity contribution < 1.29 is 9.47 Å². The van der Waals surface area contributed by atoms with Crippen molar-refractivity contribution in [1.29, 1.82) is 5.26 Å². The molecular weight excluding hydrogens is 357 g/mol. The van der Waals surface area contributed by atoms with Crippen LogP contribution in [0.25, 0.3) is 11.6 Å². The Kier molecular flexibility index (Phi) is 6.75. The summed E-state index contributed by atoms with van der Waals surface area (Å²) in [7, 11) is 0. The Balaban J connectivity index is 2.52. The molecule has 0 fully saturated rings. The molecule has 0 radical (unpaired) electrons. The maximum atomic E-state index is 9.51. The minimum absolute atomic E-state index is 0.0316. The fourth-order valence-corrected chi connectivity index (χ4v) is 2.80. The first-order valence-corrected chi connectivity index (χ1v) is 8.71. The second-order valence-corrected chi connectivity index (χ2v) is 6.39. The number of halogens is 2. The van der Waals surface area contributed by atoms with E-state index in [4.69, 9.17) is 32.7 Å². The number of allylic oxidation sites excluding steroid dienone is 1. The molecule has 0 bridgehead atoms. The predicted molar refractivity (Wildman–Crippen MR) is 103 cm³/mol. The molecule has 0 unspecified atom stereocenters. The van der Waals surface area contributed by atoms with Gasteiger partial charge in [-0.2, -0.15) is 5.26 Å². The Bertz CT molecular complexity index is 823. The zero-order valence-corrected chi connectivity index (χ0v) is 15.9. The van der Waals surface area contributed by atoms with Crippen molar-refractivity contribution >= 4 is 34.9 Å². The van der Waals surface area contributed by atoms with Crippen LogP contribution in [-0.4, -0.2) is 12.7 Å². The van der Waals surface area contributed by atoms with E-state index < -0.39 is 0 Å². The van der Waals surface area contributed by atoms with Gasteiger partial charge in [-0.05, 0) is 50.6 Å². The second-order valence-electron chi connectivity index (χ2n) is 5.58. The molecule has 130 valence electrons. The molecule has 0 saturated heterocycles. The highest BCUT2D eigenvalue weighted by atomic mass is 35.5. The average Bonchev–Trinajstić information content (AvgIpc) is 2.56. The van der Waals surface area contributed by atoms with Gasteiger partial charge in [-0.15, -0.1) is 0 Å². The first kappa shape index (κ1) is 19.2. The summed E-state index contributed by atoms with van der Waals surface area (Å²) in [5.74, 6) is 1.05. The Morgan fingerprint density at radius 3 is 2.52 bits per heavy atom. The minimum Gasteiger partial charge on any atom is -0.490 e. The van der Waals surface area contributed by atoms with E-state index in [0.29, 0.717) is 39.3 Å². The Hall–Kier alpha value is -2.15. The third-order valence-electron chi connectivity index (χ3n) is 3.28. The molecule has 0 aliphatic heterocycles. The second kappa shape index (κ2) is 8.80. The van der Waals surface area contributed by atoms with Gasteiger partial charge in [0.1, 0.15) is 0 Å². The molecule has 3 nitrogen and oxygen atoms in total. The standard InChI is InChI=1S/C20H19Cl2NO2/c1-4-24-19-11-14(10-18(22)20(19)25-13(2)3)9-15(12-23)16-7-5-6-8-17(16)21/h5-11,13H,4H2,1-3H3. The van der Waals surface area contributed by atoms with Crippen LogP contribution in [0, 0.1) is 11.3 Å². The van der Waals surface area contributed by atoms with Crippen molar-refractivity contribution in [2.24, 2.45) is 0 Å². The third kappa shape index (κ3) is 4.92. The van der Waals surface area contributed by atoms with Crippen molar-refractivity contribution in [3.05, 3.63) is 57.6 Å². The van der Waals surface area contributed by atoms with Gasteiger partial charge in [-0.3, -0.25) is 0 Å². The number of nitriles is 1. The molecule has 0 atom stereocenters. The van der Waals surface area contributed by atoms with Crippen LogP contribution in [0.15, 0.2) is 36.4 Å². The Morgan fingerprint density at radius 1 is 1.20 bits per heavy atom. The average molecular weight is 376 g/mol. The van der Waals surface area contributed by atoms with Crippen LogP contribution < -0.4 is 9.47 Å². The van der Waals surface area contributed by atoms with Crippen LogP contribution in [0.4, 0.5) is 0 Å². The predicted octanol–water partition coefficient (Wildman–Crippen LogP) is 6.24. The molecule has 0 amide bonds. The summed E-state index contributed by atoms with van der Waals surface area (Å²) in [6.45, 7) is 6.21. The Labute approximate surface area is 158 Å². The van der Waals surface area contributed by atoms with Crippen molar-refractivity contribution in [2.45, 2.75) is 26.9 Å². The summed E-state index contributed by atoms with van der Waals surface area (Å²) in [6.07, 6.45) is 1.70. The van der Waals surface area contributed by atoms with E-state index in [0.717, 1.165) is 5.56 Å². The maximum absolute atomic E-state index is 9.51. The number of hydrogen-bond donors (Lipinski definition) is 0. The van der Waals surface area contributed by atoms with Gasteiger partial charge in [0.25, 0.3) is 0 Å². The molecule has 2 rings (SSSR count). The van der Waals surface area contributed by atoms with E-state index in [2.05, 4.69) is 6.07 Å². The lowest BCUT2D eigenvalue weighted by atomic mass is 10.0. The molecule has 2 aromatic carbocycles. The normalized spacial score (nSPS) is 11.3. The lowest BCUT2D eigenvalue weighted by Gasteiger charge is -2.16. The van der Waals surface area contributed by atoms with Crippen LogP contribution >= 0.6 is 23.2 Å². The largest absolute Gasteiger partial charge is 0.490 e. The van der Waals surface area contributed by atoms with Crippen molar-refractivity contribution in [1.82, 2.24) is 0 Å². The van der Waals surface area contributed by atoms with E-state index >= 15 is 0 Å². The third-order valence-corrected chi connectivity index (χ3v) is 3.89. The van der Waals surface area contributed by atoms with E-state index in [1.165, 1.54) is 0 Å². The van der Waals surface area contributed by atoms with Gasteiger partial charge in [0.2, 0.25) is 0 Å². The molecule has 0 spiro atoms. The fraction of sp³-hybridized carbons (Fsp3) is 0.250. The van der Waals surface area contributed by atoms with Gasteiger partial charge in [0, 0.05) is 10.6 Å². The minimum atomic E-state index is -0.0316. The van der Waals surface area contributed by atoms with E-state index in [-0.39, 0.29) is 6.10 Å². The number of hydrogen-bond acceptors (Lipinski definition) is 3. The zero-order valence-electron chi connectivity index (χ0n) is 14.3. The van der Waals surface area contributed by atoms with E-state index in [1.807, 2.05) is 32.9 Å². The highest BCUT2D eigenvalue weighted by Gasteiger charge is 2.14. The van der Waals surface area contributed by atoms with Gasteiger partial charge >= 0.3 is 0 Å². The van der Waals surface area contributed by atoms with Gasteiger partial charge in [0.05, 0.1) is 29.4 Å². The highest BCUT2D eigenvalue weighted by Crippen LogP contribution is 2.38. The van der Waals surface area contributed by atoms with Crippen molar-refractivity contribution in [3.63, 3.8) is 0 Å². The fourth-order valence-electron chi connectivity index (χ4n) is 2.30. The molecule has 0 N–H and O–H groups in total. The number of nitrogens with zero attached hydrogens (tertiary/aromatic N) is 1. The highest BCUT2D eigenvalue weighted by molar-refractivity contribution is 6.33. The summed E-state index contributed by atoms with van der Waals surface area (Å²) in [5.41, 5.74) is 1.85. The molecular formula is C20H19Cl2NO2. The molecule has 0 aromatic heterocycles. The van der Waals surface area contributed by atoms with Gasteiger partial charge in [-0.25, -0.2) is 0 Å². The Morgan fingerprint density at radius 2 is 1.92 bits per heavy atom. The quantitative estimate of drug-likeness (QED) is 0.442. The SMILES string of the molecule is CCOc1cc(C=C(C#N)c2ccccc2Cl)cc(Cl)c1OC(C)C. The van der Waals surface area contributed by atoms with Gasteiger partial charge in [-0.1, -0.05) is 41.4 Å². The number of ether oxygens (including phenoxy) is 2. The van der Waals surface area contributed by atoms with Crippen LogP contribution in [0.3, 0.4) is 0 Å². The van der Waals surface area contributed by atoms with Crippen LogP contribution in [-0.2, 0) is 0 Å². The first-order chi connectivity index (χ1) is 12.0. The monoisotopic (exact) mass is 375 g/mol. The summed E-state index contributed by atoms with van der Waals surface area (Å²) in [4.78, 5) is 0. The summed E-state index contributed by atoms with van der Waals surface area (Å²) in [6, 6.07) is 13.0. The summed E-state index contributed by atoms with van der Waals surface area (Å²) in [5, 5.41) is 10.5. The summed E-state index contributed by atoms with van der Waals surface area (Å²) < 4.78 is 11.4. The van der Waals surface area contributed by atoms with Crippen molar-refractivity contribution in [3.8, 4) is 17.6 Å². The molecule has 2 aromatic rings. The van der Waals surface area contributed by atoms with Gasteiger partial charge in [0.15, 0.2) is 11.5 Å². The topological polar surface area (TPSA) is 42.2 Å². The van der Waals surface area contributed by atoms with Crippen LogP contribution in [0.2, 0.25) is 10.0 Å². The summed E-state index contributed by atoms with van der Waals surface area (Å²) >= 11 is 12.6. The lowest BCUT2D eigenvalue weighted by Crippen LogP contribution is -2.08. The smallest absolute Gasteiger partial charge is 0.180 e. The van der Waals surface area contributed by atoms with E-state index in [1.54, 1.807) is 30.3 Å². The maximum Gasteiger partial charge on any atom is 0.180 e. The lowest BCUT2D eigenvalue weighted by molar-refractivity contribution is 0.224. The number of benzene rings is 2. The molecule has 0 aliphatic carbocycles. The zero-order chi connectivity index (χ0) is 18.4. The van der Waals surface area contributed by atoms with Crippen molar-refractivity contribution in [2.75, 3.05) is 6.61 Å². The first-order valence-electron chi connectivity index (χ1n) is 7.96.